The summed E-state index contributed by atoms with van der Waals surface area (Å²) in [4.78, 5) is 21.0. The molecule has 27 heavy (non-hydrogen) atoms. The van der Waals surface area contributed by atoms with Crippen LogP contribution in [0.15, 0.2) is 17.8 Å². The average molecular weight is 395 g/mol. The molecule has 1 N–H and O–H groups in total. The Kier molecular flexibility index (Phi) is 4.17. The van der Waals surface area contributed by atoms with Crippen LogP contribution < -0.4 is 5.32 Å². The van der Waals surface area contributed by atoms with Crippen molar-refractivity contribution in [2.45, 2.75) is 38.9 Å². The van der Waals surface area contributed by atoms with Crippen LogP contribution in [0.5, 0.6) is 0 Å². The van der Waals surface area contributed by atoms with Crippen molar-refractivity contribution in [1.82, 2.24) is 24.1 Å². The first-order chi connectivity index (χ1) is 12.8. The second kappa shape index (κ2) is 6.29. The Labute approximate surface area is 156 Å². The Balaban J connectivity index is 1.72. The topological polar surface area (TPSA) is 72.2 Å². The Morgan fingerprint density at radius 2 is 2.11 bits per heavy atom. The van der Waals surface area contributed by atoms with E-state index in [1.807, 2.05) is 25.3 Å². The van der Waals surface area contributed by atoms with E-state index in [-0.39, 0.29) is 11.3 Å². The van der Waals surface area contributed by atoms with Gasteiger partial charge in [-0.25, -0.2) is 9.97 Å². The van der Waals surface area contributed by atoms with Crippen LogP contribution in [0.25, 0.3) is 16.9 Å². The molecule has 0 radical (unpaired) electrons. The zero-order valence-electron chi connectivity index (χ0n) is 14.5. The van der Waals surface area contributed by atoms with E-state index >= 15 is 0 Å². The molecule has 1 amide bonds. The van der Waals surface area contributed by atoms with Crippen LogP contribution in [0.1, 0.15) is 34.7 Å². The first-order valence-corrected chi connectivity index (χ1v) is 9.23. The molecular formula is C17H16F3N5OS. The van der Waals surface area contributed by atoms with Crippen molar-refractivity contribution < 1.29 is 18.0 Å². The van der Waals surface area contributed by atoms with Gasteiger partial charge in [-0.1, -0.05) is 0 Å². The van der Waals surface area contributed by atoms with E-state index in [1.165, 1.54) is 17.9 Å². The lowest BCUT2D eigenvalue weighted by atomic mass is 10.1. The first-order valence-electron chi connectivity index (χ1n) is 8.39. The van der Waals surface area contributed by atoms with Crippen molar-refractivity contribution >= 4 is 23.1 Å². The smallest absolute Gasteiger partial charge is 0.339 e. The molecule has 3 aromatic rings. The number of aryl methyl sites for hydroxylation is 2. The molecule has 6 nitrogen and oxygen atoms in total. The molecule has 0 bridgehead atoms. The maximum Gasteiger partial charge on any atom is 0.408 e. The predicted octanol–water partition coefficient (Wildman–Crippen LogP) is 3.54. The average Bonchev–Trinajstić information content (AvgIpc) is 3.17. The van der Waals surface area contributed by atoms with Crippen LogP contribution in [-0.4, -0.2) is 36.9 Å². The fraction of sp³-hybridized carbons (Fsp3) is 0.412. The number of amides is 1. The minimum Gasteiger partial charge on any atom is -0.339 e. The predicted molar refractivity (Wildman–Crippen MR) is 93.6 cm³/mol. The van der Waals surface area contributed by atoms with Gasteiger partial charge in [0.2, 0.25) is 0 Å². The molecule has 1 aliphatic carbocycles. The number of hydrogen-bond donors (Lipinski definition) is 1. The summed E-state index contributed by atoms with van der Waals surface area (Å²) in [7, 11) is 0. The molecule has 0 aromatic carbocycles. The Morgan fingerprint density at radius 3 is 2.70 bits per heavy atom. The summed E-state index contributed by atoms with van der Waals surface area (Å²) in [5.74, 6) is -1.43. The van der Waals surface area contributed by atoms with Gasteiger partial charge < -0.3 is 5.32 Å². The molecule has 0 aliphatic heterocycles. The molecule has 0 unspecified atom stereocenters. The normalized spacial score (nSPS) is 15.9. The van der Waals surface area contributed by atoms with Crippen LogP contribution in [0.2, 0.25) is 0 Å². The van der Waals surface area contributed by atoms with Crippen molar-refractivity contribution in [3.63, 3.8) is 0 Å². The van der Waals surface area contributed by atoms with Crippen molar-refractivity contribution in [3.05, 3.63) is 34.9 Å². The lowest BCUT2D eigenvalue weighted by molar-refractivity contribution is -0.158. The van der Waals surface area contributed by atoms with Gasteiger partial charge in [0.15, 0.2) is 11.3 Å². The van der Waals surface area contributed by atoms with Gasteiger partial charge in [0.1, 0.15) is 12.4 Å². The number of nitrogens with one attached hydrogen (secondary N) is 1. The van der Waals surface area contributed by atoms with E-state index in [0.717, 1.165) is 17.0 Å². The molecule has 142 valence electrons. The number of nitrogens with zero attached hydrogens (tertiary/aromatic N) is 4. The summed E-state index contributed by atoms with van der Waals surface area (Å²) in [6.07, 6.45) is -2.17. The summed E-state index contributed by atoms with van der Waals surface area (Å²) >= 11 is 1.29. The van der Waals surface area contributed by atoms with Gasteiger partial charge in [-0.2, -0.15) is 17.5 Å². The van der Waals surface area contributed by atoms with Gasteiger partial charge in [0.25, 0.3) is 5.91 Å². The highest BCUT2D eigenvalue weighted by molar-refractivity contribution is 7.04. The van der Waals surface area contributed by atoms with Crippen LogP contribution in [0.4, 0.5) is 13.2 Å². The van der Waals surface area contributed by atoms with Crippen LogP contribution in [0, 0.1) is 19.8 Å². The van der Waals surface area contributed by atoms with E-state index in [9.17, 15) is 18.0 Å². The third kappa shape index (κ3) is 3.29. The first kappa shape index (κ1) is 17.9. The monoisotopic (exact) mass is 395 g/mol. The fourth-order valence-corrected chi connectivity index (χ4v) is 3.77. The maximum atomic E-state index is 13.2. The van der Waals surface area contributed by atoms with Crippen molar-refractivity contribution in [3.8, 4) is 11.3 Å². The molecule has 10 heteroatoms. The molecule has 3 heterocycles. The molecule has 4 rings (SSSR count). The number of aromatic nitrogens is 4. The number of hydrogen-bond acceptors (Lipinski definition) is 5. The molecule has 3 aromatic heterocycles. The van der Waals surface area contributed by atoms with E-state index < -0.39 is 24.0 Å². The highest BCUT2D eigenvalue weighted by Crippen LogP contribution is 2.40. The van der Waals surface area contributed by atoms with Gasteiger partial charge in [-0.05, 0) is 50.2 Å². The highest BCUT2D eigenvalue weighted by atomic mass is 32.1. The maximum absolute atomic E-state index is 13.2. The number of halogens is 3. The van der Waals surface area contributed by atoms with Crippen molar-refractivity contribution in [2.75, 3.05) is 0 Å². The number of carbonyl (C=O) groups is 1. The van der Waals surface area contributed by atoms with E-state index in [1.54, 1.807) is 4.40 Å². The van der Waals surface area contributed by atoms with Crippen LogP contribution in [0.3, 0.4) is 0 Å². The number of fused-ring (bicyclic) bond motifs is 1. The lowest BCUT2D eigenvalue weighted by Crippen LogP contribution is -2.47. The largest absolute Gasteiger partial charge is 0.408 e. The van der Waals surface area contributed by atoms with E-state index in [4.69, 9.17) is 0 Å². The summed E-state index contributed by atoms with van der Waals surface area (Å²) in [6, 6.07) is -0.0233. The van der Waals surface area contributed by atoms with E-state index in [0.29, 0.717) is 18.5 Å². The molecule has 0 saturated heterocycles. The minimum absolute atomic E-state index is 0.115. The Hall–Kier alpha value is -2.49. The SMILES string of the molecule is Cc1nscc1-c1cc(C)n2cnc(C(=O)N[C@@H](C3CC3)C(F)(F)F)c2n1. The number of rotatable bonds is 4. The minimum atomic E-state index is -4.49. The Morgan fingerprint density at radius 1 is 1.37 bits per heavy atom. The molecule has 0 spiro atoms. The fourth-order valence-electron chi connectivity index (χ4n) is 3.06. The molecule has 1 fully saturated rings. The number of carbonyl (C=O) groups excluding carboxylic acids is 1. The highest BCUT2D eigenvalue weighted by Gasteiger charge is 2.50. The summed E-state index contributed by atoms with van der Waals surface area (Å²) in [5, 5.41) is 3.95. The third-order valence-corrected chi connectivity index (χ3v) is 5.39. The molecule has 1 saturated carbocycles. The quantitative estimate of drug-likeness (QED) is 0.734. The number of alkyl halides is 3. The zero-order valence-corrected chi connectivity index (χ0v) is 15.4. The van der Waals surface area contributed by atoms with Crippen LogP contribution in [-0.2, 0) is 0 Å². The standard InChI is InChI=1S/C17H16F3N5OS/c1-8-5-12(11-6-27-24-9(11)2)22-15-13(21-7-25(8)15)16(26)23-14(10-3-4-10)17(18,19)20/h5-7,10,14H,3-4H2,1-2H3,(H,23,26)/t14-/m0/s1. The molecular weight excluding hydrogens is 379 g/mol. The van der Waals surface area contributed by atoms with Gasteiger partial charge in [-0.3, -0.25) is 9.20 Å². The van der Waals surface area contributed by atoms with Crippen molar-refractivity contribution in [2.24, 2.45) is 5.92 Å². The van der Waals surface area contributed by atoms with Crippen LogP contribution >= 0.6 is 11.5 Å². The Bertz CT molecular complexity index is 1020. The second-order valence-corrected chi connectivity index (χ2v) is 7.34. The summed E-state index contributed by atoms with van der Waals surface area (Å²) < 4.78 is 45.5. The molecule has 1 aliphatic rings. The lowest BCUT2D eigenvalue weighted by Gasteiger charge is -2.20. The van der Waals surface area contributed by atoms with Crippen molar-refractivity contribution in [1.29, 1.82) is 0 Å². The number of imidazole rings is 1. The molecule has 1 atom stereocenters. The third-order valence-electron chi connectivity index (χ3n) is 4.67. The van der Waals surface area contributed by atoms with E-state index in [2.05, 4.69) is 19.7 Å². The second-order valence-electron chi connectivity index (χ2n) is 6.71. The van der Waals surface area contributed by atoms with Gasteiger partial charge >= 0.3 is 6.18 Å². The van der Waals surface area contributed by atoms with Gasteiger partial charge in [-0.15, -0.1) is 0 Å². The summed E-state index contributed by atoms with van der Waals surface area (Å²) in [5.41, 5.74) is 3.11. The van der Waals surface area contributed by atoms with Gasteiger partial charge in [0.05, 0.1) is 11.4 Å². The van der Waals surface area contributed by atoms with Gasteiger partial charge in [0, 0.05) is 16.6 Å². The zero-order chi connectivity index (χ0) is 19.3. The summed E-state index contributed by atoms with van der Waals surface area (Å²) in [6.45, 7) is 3.67.